The van der Waals surface area contributed by atoms with E-state index in [1.54, 1.807) is 12.3 Å². The molecule has 0 radical (unpaired) electrons. The molecule has 140 valence electrons. The molecule has 0 unspecified atom stereocenters. The molecule has 4 aromatic rings. The van der Waals surface area contributed by atoms with E-state index in [-0.39, 0.29) is 0 Å². The number of rotatable bonds is 5. The number of benzene rings is 2. The van der Waals surface area contributed by atoms with Crippen LogP contribution < -0.4 is 0 Å². The third kappa shape index (κ3) is 3.16. The van der Waals surface area contributed by atoms with E-state index in [1.165, 1.54) is 0 Å². The van der Waals surface area contributed by atoms with Crippen molar-refractivity contribution in [3.63, 3.8) is 0 Å². The van der Waals surface area contributed by atoms with Gasteiger partial charge in [0.25, 0.3) is 0 Å². The lowest BCUT2D eigenvalue weighted by atomic mass is 9.97. The second-order valence-corrected chi connectivity index (χ2v) is 6.82. The fourth-order valence-electron chi connectivity index (χ4n) is 3.54. The van der Waals surface area contributed by atoms with Crippen LogP contribution in [0.2, 0.25) is 0 Å². The van der Waals surface area contributed by atoms with Crippen molar-refractivity contribution in [2.24, 2.45) is 0 Å². The van der Waals surface area contributed by atoms with E-state index in [0.717, 1.165) is 45.7 Å². The summed E-state index contributed by atoms with van der Waals surface area (Å²) in [5.74, 6) is 0.0155. The molecular formula is C23H21N3O2. The lowest BCUT2D eigenvalue weighted by Crippen LogP contribution is -2.07. The van der Waals surface area contributed by atoms with Crippen LogP contribution in [0, 0.1) is 6.92 Å². The largest absolute Gasteiger partial charge is 0.478 e. The van der Waals surface area contributed by atoms with E-state index in [9.17, 15) is 9.90 Å². The number of aromatic nitrogens is 3. The number of pyridine rings is 1. The van der Waals surface area contributed by atoms with Gasteiger partial charge < -0.3 is 9.67 Å². The van der Waals surface area contributed by atoms with E-state index >= 15 is 0 Å². The van der Waals surface area contributed by atoms with Crippen molar-refractivity contribution in [3.8, 4) is 11.1 Å². The minimum absolute atomic E-state index is 0.301. The Hall–Kier alpha value is -3.47. The van der Waals surface area contributed by atoms with Gasteiger partial charge in [0.1, 0.15) is 11.3 Å². The van der Waals surface area contributed by atoms with Crippen molar-refractivity contribution in [2.75, 3.05) is 0 Å². The maximum atomic E-state index is 11.9. The lowest BCUT2D eigenvalue weighted by molar-refractivity contribution is 0.0697. The van der Waals surface area contributed by atoms with Crippen molar-refractivity contribution in [1.29, 1.82) is 0 Å². The van der Waals surface area contributed by atoms with E-state index < -0.39 is 5.97 Å². The molecule has 4 rings (SSSR count). The van der Waals surface area contributed by atoms with Gasteiger partial charge in [-0.15, -0.1) is 0 Å². The second-order valence-electron chi connectivity index (χ2n) is 6.82. The third-order valence-corrected chi connectivity index (χ3v) is 4.97. The Morgan fingerprint density at radius 3 is 2.61 bits per heavy atom. The van der Waals surface area contributed by atoms with Gasteiger partial charge in [0, 0.05) is 12.6 Å². The van der Waals surface area contributed by atoms with Gasteiger partial charge in [-0.25, -0.2) is 14.8 Å². The molecule has 2 aromatic heterocycles. The van der Waals surface area contributed by atoms with E-state index in [1.807, 2.05) is 55.5 Å². The van der Waals surface area contributed by atoms with Gasteiger partial charge in [0.15, 0.2) is 5.65 Å². The fourth-order valence-corrected chi connectivity index (χ4v) is 3.54. The summed E-state index contributed by atoms with van der Waals surface area (Å²) in [5, 5.41) is 9.75. The smallest absolute Gasteiger partial charge is 0.336 e. The van der Waals surface area contributed by atoms with Gasteiger partial charge in [-0.3, -0.25) is 0 Å². The third-order valence-electron chi connectivity index (χ3n) is 4.97. The molecule has 0 saturated heterocycles. The van der Waals surface area contributed by atoms with Crippen LogP contribution in [0.1, 0.15) is 34.2 Å². The minimum atomic E-state index is -0.930. The zero-order chi connectivity index (χ0) is 19.7. The summed E-state index contributed by atoms with van der Waals surface area (Å²) in [6, 6.07) is 17.2. The molecule has 0 amide bonds. The Bertz CT molecular complexity index is 1160. The van der Waals surface area contributed by atoms with Gasteiger partial charge in [-0.05, 0) is 41.3 Å². The molecule has 0 saturated carbocycles. The van der Waals surface area contributed by atoms with Crippen molar-refractivity contribution in [1.82, 2.24) is 14.5 Å². The van der Waals surface area contributed by atoms with Crippen LogP contribution in [0.5, 0.6) is 0 Å². The van der Waals surface area contributed by atoms with Crippen LogP contribution >= 0.6 is 0 Å². The zero-order valence-corrected chi connectivity index (χ0v) is 15.9. The number of nitrogens with zero attached hydrogens (tertiary/aromatic N) is 3. The van der Waals surface area contributed by atoms with Crippen molar-refractivity contribution < 1.29 is 9.90 Å². The molecule has 2 aromatic carbocycles. The number of imidazole rings is 1. The number of hydrogen-bond donors (Lipinski definition) is 1. The molecule has 0 atom stereocenters. The Labute approximate surface area is 163 Å². The number of carboxylic acid groups (broad SMARTS) is 1. The number of carboxylic acids is 1. The first-order chi connectivity index (χ1) is 13.6. The molecule has 0 fully saturated rings. The maximum Gasteiger partial charge on any atom is 0.336 e. The lowest BCUT2D eigenvalue weighted by Gasteiger charge is -2.12. The van der Waals surface area contributed by atoms with Crippen LogP contribution in [0.25, 0.3) is 22.3 Å². The standard InChI is InChI=1S/C23H21N3O2/c1-3-20-25-21-15(2)11-12-24-22(21)26(20)14-16-9-10-18(19(13-16)23(27)28)17-7-5-4-6-8-17/h4-13H,3,14H2,1-2H3,(H,27,28). The second kappa shape index (κ2) is 7.27. The quantitative estimate of drug-likeness (QED) is 0.551. The number of carbonyl (C=O) groups is 1. The molecule has 28 heavy (non-hydrogen) atoms. The topological polar surface area (TPSA) is 68.0 Å². The van der Waals surface area contributed by atoms with Gasteiger partial charge in [0.05, 0.1) is 12.1 Å². The van der Waals surface area contributed by atoms with Crippen molar-refractivity contribution >= 4 is 17.1 Å². The number of aryl methyl sites for hydroxylation is 2. The molecule has 5 nitrogen and oxygen atoms in total. The normalized spacial score (nSPS) is 11.1. The Kier molecular flexibility index (Phi) is 4.65. The molecule has 0 bridgehead atoms. The zero-order valence-electron chi connectivity index (χ0n) is 15.9. The monoisotopic (exact) mass is 371 g/mol. The first-order valence-corrected chi connectivity index (χ1v) is 9.31. The highest BCUT2D eigenvalue weighted by atomic mass is 16.4. The Morgan fingerprint density at radius 2 is 1.89 bits per heavy atom. The van der Waals surface area contributed by atoms with Crippen molar-refractivity contribution in [3.05, 3.63) is 83.3 Å². The van der Waals surface area contributed by atoms with Crippen LogP contribution in [0.4, 0.5) is 0 Å². The summed E-state index contributed by atoms with van der Waals surface area (Å²) in [7, 11) is 0. The van der Waals surface area contributed by atoms with Crippen LogP contribution in [-0.4, -0.2) is 25.6 Å². The van der Waals surface area contributed by atoms with Crippen molar-refractivity contribution in [2.45, 2.75) is 26.8 Å². The molecule has 0 aliphatic rings. The summed E-state index contributed by atoms with van der Waals surface area (Å²) < 4.78 is 2.07. The van der Waals surface area contributed by atoms with E-state index in [4.69, 9.17) is 4.98 Å². The first kappa shape index (κ1) is 17.9. The molecule has 5 heteroatoms. The number of hydrogen-bond acceptors (Lipinski definition) is 3. The molecule has 0 aliphatic carbocycles. The van der Waals surface area contributed by atoms with E-state index in [0.29, 0.717) is 12.1 Å². The highest BCUT2D eigenvalue weighted by Gasteiger charge is 2.16. The molecule has 0 aliphatic heterocycles. The van der Waals surface area contributed by atoms with Gasteiger partial charge in [0.2, 0.25) is 0 Å². The number of aromatic carboxylic acids is 1. The number of fused-ring (bicyclic) bond motifs is 1. The summed E-state index contributed by atoms with van der Waals surface area (Å²) in [5.41, 5.74) is 5.65. The predicted octanol–water partition coefficient (Wildman–Crippen LogP) is 4.72. The Morgan fingerprint density at radius 1 is 1.11 bits per heavy atom. The average Bonchev–Trinajstić information content (AvgIpc) is 3.07. The molecule has 2 heterocycles. The molecular weight excluding hydrogens is 350 g/mol. The summed E-state index contributed by atoms with van der Waals surface area (Å²) >= 11 is 0. The van der Waals surface area contributed by atoms with Gasteiger partial charge in [-0.1, -0.05) is 49.4 Å². The highest BCUT2D eigenvalue weighted by Crippen LogP contribution is 2.26. The fraction of sp³-hybridized carbons (Fsp3) is 0.174. The summed E-state index contributed by atoms with van der Waals surface area (Å²) in [6.07, 6.45) is 2.57. The average molecular weight is 371 g/mol. The summed E-state index contributed by atoms with van der Waals surface area (Å²) in [4.78, 5) is 21.1. The minimum Gasteiger partial charge on any atom is -0.478 e. The Balaban J connectivity index is 1.79. The summed E-state index contributed by atoms with van der Waals surface area (Å²) in [6.45, 7) is 4.62. The van der Waals surface area contributed by atoms with Crippen LogP contribution in [0.15, 0.2) is 60.8 Å². The highest BCUT2D eigenvalue weighted by molar-refractivity contribution is 5.96. The maximum absolute atomic E-state index is 11.9. The SMILES string of the molecule is CCc1nc2c(C)ccnc2n1Cc1ccc(-c2ccccc2)c(C(=O)O)c1. The molecule has 0 spiro atoms. The molecule has 1 N–H and O–H groups in total. The van der Waals surface area contributed by atoms with E-state index in [2.05, 4.69) is 16.5 Å². The predicted molar refractivity (Wildman–Crippen MR) is 110 cm³/mol. The van der Waals surface area contributed by atoms with Gasteiger partial charge in [-0.2, -0.15) is 0 Å². The van der Waals surface area contributed by atoms with Gasteiger partial charge >= 0.3 is 5.97 Å². The first-order valence-electron chi connectivity index (χ1n) is 9.31. The van der Waals surface area contributed by atoms with Crippen LogP contribution in [-0.2, 0) is 13.0 Å². The van der Waals surface area contributed by atoms with Crippen LogP contribution in [0.3, 0.4) is 0 Å².